The minimum Gasteiger partial charge on any atom is -0.286 e. The Labute approximate surface area is 189 Å². The summed E-state index contributed by atoms with van der Waals surface area (Å²) in [5, 5.41) is 11.8. The Morgan fingerprint density at radius 2 is 1.84 bits per heavy atom. The monoisotopic (exact) mass is 479 g/mol. The number of anilines is 1. The Kier molecular flexibility index (Phi) is 5.87. The second-order valence-electron chi connectivity index (χ2n) is 7.87. The van der Waals surface area contributed by atoms with Crippen LogP contribution in [-0.4, -0.2) is 15.8 Å². The van der Waals surface area contributed by atoms with E-state index in [1.54, 1.807) is 6.92 Å². The van der Waals surface area contributed by atoms with Gasteiger partial charge >= 0.3 is 5.69 Å². The molecule has 1 aliphatic rings. The van der Waals surface area contributed by atoms with Gasteiger partial charge in [-0.25, -0.2) is 4.98 Å². The topological polar surface area (TPSA) is 76.3 Å². The number of benzene rings is 2. The molecule has 1 fully saturated rings. The lowest BCUT2D eigenvalue weighted by molar-refractivity contribution is -0.384. The summed E-state index contributed by atoms with van der Waals surface area (Å²) in [6, 6.07) is 16.1. The molecule has 0 aliphatic heterocycles. The molecule has 0 N–H and O–H groups in total. The predicted molar refractivity (Wildman–Crippen MR) is 124 cm³/mol. The molecule has 0 spiro atoms. The van der Waals surface area contributed by atoms with Gasteiger partial charge in [-0.1, -0.05) is 48.5 Å². The van der Waals surface area contributed by atoms with Gasteiger partial charge in [-0.3, -0.25) is 19.8 Å². The maximum atomic E-state index is 13.1. The first-order valence-electron chi connectivity index (χ1n) is 10.1. The zero-order valence-corrected chi connectivity index (χ0v) is 18.9. The third-order valence-electron chi connectivity index (χ3n) is 5.61. The van der Waals surface area contributed by atoms with Crippen LogP contribution in [0.5, 0.6) is 0 Å². The van der Waals surface area contributed by atoms with E-state index in [0.717, 1.165) is 29.5 Å². The minimum absolute atomic E-state index is 0.0865. The quantitative estimate of drug-likeness (QED) is 0.321. The molecule has 0 atom stereocenters. The second kappa shape index (κ2) is 8.59. The number of hydrogen-bond acceptors (Lipinski definition) is 4. The van der Waals surface area contributed by atoms with E-state index < -0.39 is 4.92 Å². The lowest BCUT2D eigenvalue weighted by Crippen LogP contribution is -2.33. The van der Waals surface area contributed by atoms with Crippen molar-refractivity contribution in [2.45, 2.75) is 33.2 Å². The molecule has 158 valence electrons. The van der Waals surface area contributed by atoms with Crippen molar-refractivity contribution >= 4 is 33.3 Å². The normalized spacial score (nSPS) is 13.1. The second-order valence-corrected chi connectivity index (χ2v) is 8.73. The van der Waals surface area contributed by atoms with Crippen LogP contribution in [0.3, 0.4) is 0 Å². The van der Waals surface area contributed by atoms with E-state index in [1.165, 1.54) is 16.7 Å². The number of rotatable bonds is 6. The fraction of sp³-hybridized carbons (Fsp3) is 0.250. The molecule has 1 aromatic heterocycles. The van der Waals surface area contributed by atoms with E-state index in [2.05, 4.69) is 40.0 Å². The smallest absolute Gasteiger partial charge is 0.286 e. The molecular formula is C24H22BrN3O3. The van der Waals surface area contributed by atoms with E-state index in [0.29, 0.717) is 10.0 Å². The van der Waals surface area contributed by atoms with E-state index in [1.807, 2.05) is 36.4 Å². The highest BCUT2D eigenvalue weighted by atomic mass is 79.9. The highest BCUT2D eigenvalue weighted by Gasteiger charge is 2.37. The van der Waals surface area contributed by atoms with Gasteiger partial charge in [0.1, 0.15) is 0 Å². The summed E-state index contributed by atoms with van der Waals surface area (Å²) in [4.78, 5) is 30.2. The van der Waals surface area contributed by atoms with E-state index in [4.69, 9.17) is 0 Å². The molecule has 2 aromatic carbocycles. The van der Waals surface area contributed by atoms with Crippen LogP contribution >= 0.6 is 15.9 Å². The average molecular weight is 480 g/mol. The van der Waals surface area contributed by atoms with E-state index >= 15 is 0 Å². The number of aryl methyl sites for hydroxylation is 1. The molecule has 0 radical (unpaired) electrons. The highest BCUT2D eigenvalue weighted by Crippen LogP contribution is 2.38. The summed E-state index contributed by atoms with van der Waals surface area (Å²) in [5.74, 6) is -0.0949. The molecule has 1 heterocycles. The Bertz CT molecular complexity index is 1160. The van der Waals surface area contributed by atoms with Gasteiger partial charge in [0, 0.05) is 22.2 Å². The first kappa shape index (κ1) is 21.2. The number of nitrogens with zero attached hydrogens (tertiary/aromatic N) is 3. The predicted octanol–water partition coefficient (Wildman–Crippen LogP) is 5.98. The third kappa shape index (κ3) is 4.37. The van der Waals surface area contributed by atoms with Crippen molar-refractivity contribution in [3.63, 3.8) is 0 Å². The maximum Gasteiger partial charge on any atom is 0.316 e. The van der Waals surface area contributed by atoms with Crippen LogP contribution in [0, 0.1) is 29.9 Å². The third-order valence-corrected chi connectivity index (χ3v) is 6.41. The van der Waals surface area contributed by atoms with Gasteiger partial charge in [-0.05, 0) is 64.9 Å². The van der Waals surface area contributed by atoms with Crippen LogP contribution < -0.4 is 4.90 Å². The van der Waals surface area contributed by atoms with Crippen LogP contribution in [-0.2, 0) is 11.3 Å². The molecule has 4 rings (SSSR count). The van der Waals surface area contributed by atoms with Crippen molar-refractivity contribution in [3.05, 3.63) is 86.0 Å². The van der Waals surface area contributed by atoms with Crippen LogP contribution in [0.2, 0.25) is 0 Å². The zero-order chi connectivity index (χ0) is 22.1. The first-order chi connectivity index (χ1) is 14.9. The van der Waals surface area contributed by atoms with Crippen molar-refractivity contribution in [1.29, 1.82) is 0 Å². The highest BCUT2D eigenvalue weighted by molar-refractivity contribution is 9.10. The number of carbonyl (C=O) groups is 1. The zero-order valence-electron chi connectivity index (χ0n) is 17.3. The molecule has 7 heteroatoms. The van der Waals surface area contributed by atoms with Gasteiger partial charge < -0.3 is 0 Å². The van der Waals surface area contributed by atoms with Crippen LogP contribution in [0.4, 0.5) is 11.5 Å². The molecule has 1 amide bonds. The van der Waals surface area contributed by atoms with Crippen LogP contribution in [0.25, 0.3) is 11.1 Å². The fourth-order valence-corrected chi connectivity index (χ4v) is 3.94. The summed E-state index contributed by atoms with van der Waals surface area (Å²) in [7, 11) is 0. The number of hydrogen-bond donors (Lipinski definition) is 0. The molecule has 0 saturated heterocycles. The van der Waals surface area contributed by atoms with Crippen molar-refractivity contribution in [1.82, 2.24) is 4.98 Å². The number of carbonyl (C=O) groups excluding carboxylic acids is 1. The molecule has 0 unspecified atom stereocenters. The number of pyridine rings is 1. The number of amides is 1. The van der Waals surface area contributed by atoms with E-state index in [-0.39, 0.29) is 29.9 Å². The lowest BCUT2D eigenvalue weighted by Gasteiger charge is -2.22. The standard InChI is InChI=1S/C24H22BrN3O3/c1-15-5-3-4-6-20(15)18-9-7-17(8-10-18)14-27(24(29)19-11-12-19)23-22(28(30)31)16(2)21(25)13-26-23/h3-10,13,19H,11-12,14H2,1-2H3. The van der Waals surface area contributed by atoms with Crippen molar-refractivity contribution in [2.24, 2.45) is 5.92 Å². The van der Waals surface area contributed by atoms with Gasteiger partial charge in [-0.15, -0.1) is 0 Å². The number of halogens is 1. The number of nitro groups is 1. The van der Waals surface area contributed by atoms with Crippen molar-refractivity contribution in [3.8, 4) is 11.1 Å². The van der Waals surface area contributed by atoms with Crippen molar-refractivity contribution < 1.29 is 9.72 Å². The van der Waals surface area contributed by atoms with Gasteiger partial charge in [0.05, 0.1) is 11.5 Å². The molecule has 31 heavy (non-hydrogen) atoms. The summed E-state index contributed by atoms with van der Waals surface area (Å²) in [5.41, 5.74) is 4.64. The van der Waals surface area contributed by atoms with Crippen LogP contribution in [0.15, 0.2) is 59.2 Å². The summed E-state index contributed by atoms with van der Waals surface area (Å²) in [6.07, 6.45) is 3.14. The Morgan fingerprint density at radius 3 is 2.45 bits per heavy atom. The minimum atomic E-state index is -0.461. The Morgan fingerprint density at radius 1 is 1.16 bits per heavy atom. The molecular weight excluding hydrogens is 458 g/mol. The first-order valence-corrected chi connectivity index (χ1v) is 10.9. The number of aromatic nitrogens is 1. The Balaban J connectivity index is 1.69. The molecule has 3 aromatic rings. The van der Waals surface area contributed by atoms with Crippen LogP contribution in [0.1, 0.15) is 29.5 Å². The maximum absolute atomic E-state index is 13.1. The van der Waals surface area contributed by atoms with E-state index in [9.17, 15) is 14.9 Å². The SMILES string of the molecule is Cc1ccccc1-c1ccc(CN(C(=O)C2CC2)c2ncc(Br)c(C)c2[N+](=O)[O-])cc1. The molecule has 0 bridgehead atoms. The van der Waals surface area contributed by atoms with Crippen molar-refractivity contribution in [2.75, 3.05) is 4.90 Å². The largest absolute Gasteiger partial charge is 0.316 e. The molecule has 1 aliphatic carbocycles. The molecule has 1 saturated carbocycles. The summed E-state index contributed by atoms with van der Waals surface area (Å²) >= 11 is 3.31. The fourth-order valence-electron chi connectivity index (χ4n) is 3.65. The Hall–Kier alpha value is -3.06. The average Bonchev–Trinajstić information content (AvgIpc) is 3.60. The van der Waals surface area contributed by atoms with Gasteiger partial charge in [0.25, 0.3) is 0 Å². The lowest BCUT2D eigenvalue weighted by atomic mass is 9.99. The van der Waals surface area contributed by atoms with Gasteiger partial charge in [0.15, 0.2) is 0 Å². The van der Waals surface area contributed by atoms with Gasteiger partial charge in [-0.2, -0.15) is 0 Å². The molecule has 6 nitrogen and oxygen atoms in total. The summed E-state index contributed by atoms with van der Waals surface area (Å²) in [6.45, 7) is 3.96. The summed E-state index contributed by atoms with van der Waals surface area (Å²) < 4.78 is 0.546. The van der Waals surface area contributed by atoms with Gasteiger partial charge in [0.2, 0.25) is 11.7 Å².